The maximum atomic E-state index is 13.0. The summed E-state index contributed by atoms with van der Waals surface area (Å²) in [6.07, 6.45) is 3.49. The van der Waals surface area contributed by atoms with E-state index in [2.05, 4.69) is 15.6 Å². The van der Waals surface area contributed by atoms with Crippen molar-refractivity contribution < 1.29 is 23.5 Å². The van der Waals surface area contributed by atoms with Crippen molar-refractivity contribution in [3.63, 3.8) is 0 Å². The van der Waals surface area contributed by atoms with E-state index in [0.717, 1.165) is 22.0 Å². The van der Waals surface area contributed by atoms with Crippen molar-refractivity contribution >= 4 is 34.4 Å². The standard InChI is InChI=1S/C25H23N3O5/c1-15-9-10-16(12-20(15)27-24(30)22-8-5-11-33-22)23(29)28-21(25(31)32-2)13-17-14-26-19-7-4-3-6-18(17)19/h3-12,14,21,26H,13H2,1-2H3,(H,27,30)(H,28,29). The van der Waals surface area contributed by atoms with Crippen LogP contribution in [0.2, 0.25) is 0 Å². The minimum atomic E-state index is -0.885. The molecule has 1 atom stereocenters. The van der Waals surface area contributed by atoms with Gasteiger partial charge in [-0.05, 0) is 48.4 Å². The van der Waals surface area contributed by atoms with Gasteiger partial charge in [0, 0.05) is 34.8 Å². The zero-order valence-electron chi connectivity index (χ0n) is 18.2. The van der Waals surface area contributed by atoms with Gasteiger partial charge in [-0.1, -0.05) is 24.3 Å². The van der Waals surface area contributed by atoms with Gasteiger partial charge in [0.25, 0.3) is 11.8 Å². The molecule has 0 aliphatic rings. The van der Waals surface area contributed by atoms with E-state index in [1.165, 1.54) is 13.4 Å². The highest BCUT2D eigenvalue weighted by Gasteiger charge is 2.24. The minimum absolute atomic E-state index is 0.161. The van der Waals surface area contributed by atoms with Crippen LogP contribution in [0.3, 0.4) is 0 Å². The molecule has 2 amide bonds. The lowest BCUT2D eigenvalue weighted by Crippen LogP contribution is -2.43. The van der Waals surface area contributed by atoms with Crippen LogP contribution >= 0.6 is 0 Å². The highest BCUT2D eigenvalue weighted by atomic mass is 16.5. The highest BCUT2D eigenvalue weighted by Crippen LogP contribution is 2.21. The number of ether oxygens (including phenoxy) is 1. The molecule has 0 aliphatic carbocycles. The van der Waals surface area contributed by atoms with Crippen molar-refractivity contribution in [3.05, 3.63) is 89.5 Å². The van der Waals surface area contributed by atoms with Crippen LogP contribution in [0, 0.1) is 6.92 Å². The molecule has 0 radical (unpaired) electrons. The van der Waals surface area contributed by atoms with Crippen LogP contribution in [0.15, 0.2) is 71.5 Å². The van der Waals surface area contributed by atoms with Gasteiger partial charge in [0.2, 0.25) is 0 Å². The third kappa shape index (κ3) is 4.79. The number of aryl methyl sites for hydroxylation is 1. The predicted molar refractivity (Wildman–Crippen MR) is 123 cm³/mol. The molecule has 8 nitrogen and oxygen atoms in total. The fourth-order valence-electron chi connectivity index (χ4n) is 3.59. The molecule has 168 valence electrons. The van der Waals surface area contributed by atoms with Crippen molar-refractivity contribution in [1.82, 2.24) is 10.3 Å². The Kier molecular flexibility index (Phi) is 6.26. The summed E-state index contributed by atoms with van der Waals surface area (Å²) in [6.45, 7) is 1.81. The summed E-state index contributed by atoms with van der Waals surface area (Å²) in [5.74, 6) is -1.27. The fraction of sp³-hybridized carbons (Fsp3) is 0.160. The first kappa shape index (κ1) is 21.9. The third-order valence-electron chi connectivity index (χ3n) is 5.38. The molecule has 8 heteroatoms. The Morgan fingerprint density at radius 2 is 1.88 bits per heavy atom. The molecular formula is C25H23N3O5. The number of fused-ring (bicyclic) bond motifs is 1. The number of amides is 2. The fourth-order valence-corrected chi connectivity index (χ4v) is 3.59. The Balaban J connectivity index is 1.53. The Bertz CT molecular complexity index is 1310. The summed E-state index contributed by atoms with van der Waals surface area (Å²) >= 11 is 0. The molecule has 1 unspecified atom stereocenters. The molecule has 2 aromatic carbocycles. The lowest BCUT2D eigenvalue weighted by atomic mass is 10.0. The maximum Gasteiger partial charge on any atom is 0.328 e. The first-order valence-electron chi connectivity index (χ1n) is 10.4. The van der Waals surface area contributed by atoms with Gasteiger partial charge in [-0.25, -0.2) is 4.79 Å². The van der Waals surface area contributed by atoms with Crippen LogP contribution in [-0.2, 0) is 16.0 Å². The van der Waals surface area contributed by atoms with Crippen molar-refractivity contribution in [3.8, 4) is 0 Å². The summed E-state index contributed by atoms with van der Waals surface area (Å²) in [6, 6.07) is 14.9. The number of H-pyrrole nitrogens is 1. The second-order valence-corrected chi connectivity index (χ2v) is 7.57. The number of benzene rings is 2. The van der Waals surface area contributed by atoms with E-state index >= 15 is 0 Å². The largest absolute Gasteiger partial charge is 0.467 e. The van der Waals surface area contributed by atoms with Crippen LogP contribution < -0.4 is 10.6 Å². The van der Waals surface area contributed by atoms with Crippen molar-refractivity contribution in [2.75, 3.05) is 12.4 Å². The number of hydrogen-bond acceptors (Lipinski definition) is 5. The van der Waals surface area contributed by atoms with Gasteiger partial charge in [0.1, 0.15) is 6.04 Å². The summed E-state index contributed by atoms with van der Waals surface area (Å²) < 4.78 is 10.0. The van der Waals surface area contributed by atoms with Crippen molar-refractivity contribution in [2.24, 2.45) is 0 Å². The summed E-state index contributed by atoms with van der Waals surface area (Å²) in [5, 5.41) is 6.47. The molecule has 0 spiro atoms. The van der Waals surface area contributed by atoms with E-state index in [0.29, 0.717) is 11.3 Å². The zero-order valence-corrected chi connectivity index (χ0v) is 18.2. The normalized spacial score (nSPS) is 11.7. The van der Waals surface area contributed by atoms with E-state index in [4.69, 9.17) is 9.15 Å². The van der Waals surface area contributed by atoms with Crippen molar-refractivity contribution in [1.29, 1.82) is 0 Å². The molecule has 2 aromatic heterocycles. The molecule has 0 bridgehead atoms. The molecule has 0 aliphatic heterocycles. The topological polar surface area (TPSA) is 113 Å². The number of aromatic nitrogens is 1. The monoisotopic (exact) mass is 445 g/mol. The lowest BCUT2D eigenvalue weighted by Gasteiger charge is -2.17. The van der Waals surface area contributed by atoms with Crippen LogP contribution in [0.25, 0.3) is 10.9 Å². The first-order valence-corrected chi connectivity index (χ1v) is 10.4. The first-order chi connectivity index (χ1) is 16.0. The Morgan fingerprint density at radius 1 is 1.06 bits per heavy atom. The number of carbonyl (C=O) groups is 3. The zero-order chi connectivity index (χ0) is 23.4. The van der Waals surface area contributed by atoms with Crippen LogP contribution in [-0.4, -0.2) is 35.9 Å². The molecule has 0 saturated carbocycles. The van der Waals surface area contributed by atoms with Crippen LogP contribution in [0.1, 0.15) is 32.0 Å². The van der Waals surface area contributed by atoms with E-state index in [1.54, 1.807) is 30.3 Å². The second-order valence-electron chi connectivity index (χ2n) is 7.57. The summed E-state index contributed by atoms with van der Waals surface area (Å²) in [4.78, 5) is 40.9. The van der Waals surface area contributed by atoms with Gasteiger partial charge >= 0.3 is 5.97 Å². The van der Waals surface area contributed by atoms with Gasteiger partial charge in [-0.15, -0.1) is 0 Å². The number of furan rings is 1. The maximum absolute atomic E-state index is 13.0. The van der Waals surface area contributed by atoms with Gasteiger partial charge in [0.15, 0.2) is 5.76 Å². The number of para-hydroxylation sites is 1. The molecule has 2 heterocycles. The average Bonchev–Trinajstić information content (AvgIpc) is 3.50. The SMILES string of the molecule is COC(=O)C(Cc1c[nH]c2ccccc12)NC(=O)c1ccc(C)c(NC(=O)c2ccco2)c1. The second kappa shape index (κ2) is 9.44. The lowest BCUT2D eigenvalue weighted by molar-refractivity contribution is -0.142. The summed E-state index contributed by atoms with van der Waals surface area (Å²) in [5.41, 5.74) is 3.36. The number of aromatic amines is 1. The number of methoxy groups -OCH3 is 1. The minimum Gasteiger partial charge on any atom is -0.467 e. The third-order valence-corrected chi connectivity index (χ3v) is 5.38. The molecule has 4 rings (SSSR count). The molecule has 4 aromatic rings. The van der Waals surface area contributed by atoms with E-state index in [9.17, 15) is 14.4 Å². The number of carbonyl (C=O) groups excluding carboxylic acids is 3. The Morgan fingerprint density at radius 3 is 2.64 bits per heavy atom. The number of rotatable bonds is 7. The molecule has 3 N–H and O–H groups in total. The molecule has 0 saturated heterocycles. The molecular weight excluding hydrogens is 422 g/mol. The van der Waals surface area contributed by atoms with Gasteiger partial charge < -0.3 is 24.8 Å². The number of nitrogens with one attached hydrogen (secondary N) is 3. The Labute approximate surface area is 189 Å². The van der Waals surface area contributed by atoms with Crippen LogP contribution in [0.4, 0.5) is 5.69 Å². The van der Waals surface area contributed by atoms with Gasteiger partial charge in [0.05, 0.1) is 13.4 Å². The molecule has 33 heavy (non-hydrogen) atoms. The van der Waals surface area contributed by atoms with Gasteiger partial charge in [-0.3, -0.25) is 9.59 Å². The average molecular weight is 445 g/mol. The predicted octanol–water partition coefficient (Wildman–Crippen LogP) is 3.84. The Hall–Kier alpha value is -4.33. The highest BCUT2D eigenvalue weighted by molar-refractivity contribution is 6.04. The van der Waals surface area contributed by atoms with E-state index in [1.807, 2.05) is 37.4 Å². The molecule has 0 fully saturated rings. The summed E-state index contributed by atoms with van der Waals surface area (Å²) in [7, 11) is 1.28. The van der Waals surface area contributed by atoms with E-state index < -0.39 is 23.8 Å². The number of hydrogen-bond donors (Lipinski definition) is 3. The quantitative estimate of drug-likeness (QED) is 0.374. The number of esters is 1. The smallest absolute Gasteiger partial charge is 0.328 e. The van der Waals surface area contributed by atoms with Crippen molar-refractivity contribution in [2.45, 2.75) is 19.4 Å². The van der Waals surface area contributed by atoms with E-state index in [-0.39, 0.29) is 12.2 Å². The van der Waals surface area contributed by atoms with Crippen LogP contribution in [0.5, 0.6) is 0 Å². The van der Waals surface area contributed by atoms with Gasteiger partial charge in [-0.2, -0.15) is 0 Å². The number of anilines is 1.